The highest BCUT2D eigenvalue weighted by Gasteiger charge is 2.09. The number of rotatable bonds is 4. The van der Waals surface area contributed by atoms with Gasteiger partial charge in [0, 0.05) is 11.1 Å². The van der Waals surface area contributed by atoms with Crippen LogP contribution in [0.25, 0.3) is 22.8 Å². The summed E-state index contributed by atoms with van der Waals surface area (Å²) in [5, 5.41) is 0. The molecular formula is C18H17N3O2. The molecule has 5 nitrogen and oxygen atoms in total. The van der Waals surface area contributed by atoms with Gasteiger partial charge in [-0.3, -0.25) is 0 Å². The van der Waals surface area contributed by atoms with Gasteiger partial charge in [-0.15, -0.1) is 0 Å². The molecule has 0 fully saturated rings. The molecule has 0 atom stereocenters. The van der Waals surface area contributed by atoms with Gasteiger partial charge in [-0.2, -0.15) is 0 Å². The summed E-state index contributed by atoms with van der Waals surface area (Å²) in [7, 11) is 3.29. The van der Waals surface area contributed by atoms with Crippen LogP contribution in [0, 0.1) is 6.92 Å². The van der Waals surface area contributed by atoms with Crippen molar-refractivity contribution in [2.24, 2.45) is 0 Å². The molecule has 0 radical (unpaired) electrons. The quantitative estimate of drug-likeness (QED) is 0.738. The van der Waals surface area contributed by atoms with Crippen molar-refractivity contribution in [2.45, 2.75) is 6.92 Å². The van der Waals surface area contributed by atoms with Crippen LogP contribution in [0.15, 0.2) is 48.5 Å². The minimum Gasteiger partial charge on any atom is -0.497 e. The van der Waals surface area contributed by atoms with Crippen molar-refractivity contribution >= 4 is 0 Å². The third-order valence-corrected chi connectivity index (χ3v) is 3.44. The Morgan fingerprint density at radius 1 is 0.609 bits per heavy atom. The SMILES string of the molecule is COc1ccc(-c2nc(C)nc(-c3ccc(OC)cc3)n2)cc1. The highest BCUT2D eigenvalue weighted by molar-refractivity contribution is 5.62. The summed E-state index contributed by atoms with van der Waals surface area (Å²) in [6.45, 7) is 1.86. The molecule has 0 saturated heterocycles. The van der Waals surface area contributed by atoms with E-state index in [1.54, 1.807) is 14.2 Å². The molecule has 23 heavy (non-hydrogen) atoms. The molecule has 0 amide bonds. The van der Waals surface area contributed by atoms with E-state index in [-0.39, 0.29) is 0 Å². The summed E-state index contributed by atoms with van der Waals surface area (Å²) in [5.41, 5.74) is 1.84. The van der Waals surface area contributed by atoms with Crippen LogP contribution in [0.4, 0.5) is 0 Å². The number of nitrogens with zero attached hydrogens (tertiary/aromatic N) is 3. The second-order valence-corrected chi connectivity index (χ2v) is 4.99. The number of aryl methyl sites for hydroxylation is 1. The molecule has 0 spiro atoms. The second-order valence-electron chi connectivity index (χ2n) is 4.99. The highest BCUT2D eigenvalue weighted by Crippen LogP contribution is 2.23. The van der Waals surface area contributed by atoms with E-state index in [0.717, 1.165) is 22.6 Å². The number of hydrogen-bond donors (Lipinski definition) is 0. The molecule has 0 unspecified atom stereocenters. The van der Waals surface area contributed by atoms with Crippen LogP contribution in [0.5, 0.6) is 11.5 Å². The van der Waals surface area contributed by atoms with Crippen LogP contribution in [0.3, 0.4) is 0 Å². The van der Waals surface area contributed by atoms with Crippen molar-refractivity contribution in [3.05, 3.63) is 54.4 Å². The summed E-state index contributed by atoms with van der Waals surface area (Å²) in [5.74, 6) is 3.57. The summed E-state index contributed by atoms with van der Waals surface area (Å²) in [6.07, 6.45) is 0. The predicted octanol–water partition coefficient (Wildman–Crippen LogP) is 3.53. The highest BCUT2D eigenvalue weighted by atomic mass is 16.5. The Kier molecular flexibility index (Phi) is 4.19. The average Bonchev–Trinajstić information content (AvgIpc) is 2.61. The Labute approximate surface area is 135 Å². The molecule has 0 bridgehead atoms. The van der Waals surface area contributed by atoms with Crippen LogP contribution in [-0.4, -0.2) is 29.2 Å². The van der Waals surface area contributed by atoms with E-state index < -0.39 is 0 Å². The van der Waals surface area contributed by atoms with Gasteiger partial charge in [0.2, 0.25) is 0 Å². The summed E-state index contributed by atoms with van der Waals surface area (Å²) in [4.78, 5) is 13.4. The zero-order valence-electron chi connectivity index (χ0n) is 13.3. The van der Waals surface area contributed by atoms with Crippen LogP contribution < -0.4 is 9.47 Å². The smallest absolute Gasteiger partial charge is 0.163 e. The zero-order valence-corrected chi connectivity index (χ0v) is 13.3. The van der Waals surface area contributed by atoms with Gasteiger partial charge >= 0.3 is 0 Å². The van der Waals surface area contributed by atoms with Crippen molar-refractivity contribution in [2.75, 3.05) is 14.2 Å². The van der Waals surface area contributed by atoms with Gasteiger partial charge < -0.3 is 9.47 Å². The first-order valence-corrected chi connectivity index (χ1v) is 7.21. The fraction of sp³-hybridized carbons (Fsp3) is 0.167. The molecule has 3 rings (SSSR count). The molecule has 0 saturated carbocycles. The maximum absolute atomic E-state index is 5.18. The Morgan fingerprint density at radius 3 is 1.35 bits per heavy atom. The van der Waals surface area contributed by atoms with Crippen molar-refractivity contribution in [3.63, 3.8) is 0 Å². The first-order chi connectivity index (χ1) is 11.2. The maximum atomic E-state index is 5.18. The third kappa shape index (κ3) is 3.29. The van der Waals surface area contributed by atoms with E-state index in [1.807, 2.05) is 55.5 Å². The van der Waals surface area contributed by atoms with Gasteiger partial charge in [0.15, 0.2) is 11.6 Å². The van der Waals surface area contributed by atoms with Crippen molar-refractivity contribution < 1.29 is 9.47 Å². The fourth-order valence-electron chi connectivity index (χ4n) is 2.22. The molecule has 3 aromatic rings. The monoisotopic (exact) mass is 307 g/mol. The number of benzene rings is 2. The van der Waals surface area contributed by atoms with Gasteiger partial charge in [-0.1, -0.05) is 0 Å². The molecule has 1 heterocycles. The Morgan fingerprint density at radius 2 is 1.00 bits per heavy atom. The molecule has 0 aliphatic heterocycles. The van der Waals surface area contributed by atoms with E-state index in [1.165, 1.54) is 0 Å². The van der Waals surface area contributed by atoms with Crippen molar-refractivity contribution in [1.82, 2.24) is 15.0 Å². The van der Waals surface area contributed by atoms with Gasteiger partial charge in [-0.25, -0.2) is 15.0 Å². The van der Waals surface area contributed by atoms with Crippen molar-refractivity contribution in [3.8, 4) is 34.3 Å². The molecular weight excluding hydrogens is 290 g/mol. The first-order valence-electron chi connectivity index (χ1n) is 7.21. The normalized spacial score (nSPS) is 10.4. The average molecular weight is 307 g/mol. The molecule has 0 aliphatic rings. The number of aromatic nitrogens is 3. The second kappa shape index (κ2) is 6.44. The largest absolute Gasteiger partial charge is 0.497 e. The van der Waals surface area contributed by atoms with E-state index in [9.17, 15) is 0 Å². The molecule has 2 aromatic carbocycles. The standard InChI is InChI=1S/C18H17N3O2/c1-12-19-17(13-4-8-15(22-2)9-5-13)21-18(20-12)14-6-10-16(23-3)11-7-14/h4-11H,1-3H3. The molecule has 5 heteroatoms. The van der Waals surface area contributed by atoms with Crippen LogP contribution in [-0.2, 0) is 0 Å². The Bertz CT molecular complexity index is 734. The van der Waals surface area contributed by atoms with E-state index in [2.05, 4.69) is 15.0 Å². The lowest BCUT2D eigenvalue weighted by Gasteiger charge is -2.07. The molecule has 1 aromatic heterocycles. The number of methoxy groups -OCH3 is 2. The minimum atomic E-state index is 0.644. The maximum Gasteiger partial charge on any atom is 0.163 e. The van der Waals surface area contributed by atoms with Gasteiger partial charge in [0.05, 0.1) is 14.2 Å². The van der Waals surface area contributed by atoms with Crippen LogP contribution >= 0.6 is 0 Å². The van der Waals surface area contributed by atoms with Gasteiger partial charge in [-0.05, 0) is 55.5 Å². The first kappa shape index (κ1) is 15.0. The minimum absolute atomic E-state index is 0.644. The van der Waals surface area contributed by atoms with Crippen LogP contribution in [0.2, 0.25) is 0 Å². The number of ether oxygens (including phenoxy) is 2. The number of hydrogen-bond acceptors (Lipinski definition) is 5. The Hall–Kier alpha value is -2.95. The fourth-order valence-corrected chi connectivity index (χ4v) is 2.22. The Balaban J connectivity index is 2.00. The summed E-state index contributed by atoms with van der Waals surface area (Å²) >= 11 is 0. The molecule has 0 aliphatic carbocycles. The molecule has 0 N–H and O–H groups in total. The summed E-state index contributed by atoms with van der Waals surface area (Å²) < 4.78 is 10.4. The summed E-state index contributed by atoms with van der Waals surface area (Å²) in [6, 6.07) is 15.3. The topological polar surface area (TPSA) is 57.1 Å². The lowest BCUT2D eigenvalue weighted by atomic mass is 10.2. The van der Waals surface area contributed by atoms with Crippen molar-refractivity contribution in [1.29, 1.82) is 0 Å². The lowest BCUT2D eigenvalue weighted by Crippen LogP contribution is -1.99. The zero-order chi connectivity index (χ0) is 16.2. The predicted molar refractivity (Wildman–Crippen MR) is 88.5 cm³/mol. The van der Waals surface area contributed by atoms with E-state index in [0.29, 0.717) is 17.5 Å². The third-order valence-electron chi connectivity index (χ3n) is 3.44. The lowest BCUT2D eigenvalue weighted by molar-refractivity contribution is 0.415. The van der Waals surface area contributed by atoms with Gasteiger partial charge in [0.25, 0.3) is 0 Å². The van der Waals surface area contributed by atoms with E-state index >= 15 is 0 Å². The van der Waals surface area contributed by atoms with E-state index in [4.69, 9.17) is 9.47 Å². The molecule has 116 valence electrons. The van der Waals surface area contributed by atoms with Gasteiger partial charge in [0.1, 0.15) is 17.3 Å². The van der Waals surface area contributed by atoms with Crippen LogP contribution in [0.1, 0.15) is 5.82 Å².